The number of rotatable bonds is 2. The van der Waals surface area contributed by atoms with Crippen molar-refractivity contribution in [3.63, 3.8) is 0 Å². The van der Waals surface area contributed by atoms with E-state index >= 15 is 0 Å². The lowest BCUT2D eigenvalue weighted by molar-refractivity contribution is -0.0185. The monoisotopic (exact) mass is 262 g/mol. The van der Waals surface area contributed by atoms with Crippen LogP contribution in [0.25, 0.3) is 0 Å². The Labute approximate surface area is 121 Å². The first kappa shape index (κ1) is 17.1. The Bertz CT molecular complexity index is 275. The van der Waals surface area contributed by atoms with Crippen LogP contribution in [0.3, 0.4) is 0 Å². The molecular formula is C15H28B2O2. The van der Waals surface area contributed by atoms with Gasteiger partial charge in [0.2, 0.25) is 0 Å². The Morgan fingerprint density at radius 2 is 1.74 bits per heavy atom. The maximum atomic E-state index is 5.65. The smallest absolute Gasteiger partial charge is 0.109 e. The van der Waals surface area contributed by atoms with Crippen LogP contribution in [0.1, 0.15) is 60.3 Å². The third-order valence-corrected chi connectivity index (χ3v) is 4.74. The molecule has 2 saturated heterocycles. The van der Waals surface area contributed by atoms with Crippen LogP contribution in [-0.2, 0) is 9.47 Å². The highest BCUT2D eigenvalue weighted by Crippen LogP contribution is 2.36. The molecule has 106 valence electrons. The molecule has 2 heterocycles. The van der Waals surface area contributed by atoms with E-state index in [1.165, 1.54) is 0 Å². The SMILES string of the molecule is [B][C@H]1C[C@@H](C)[C@@H](CC)O1.[B][C@H]1C[C@H](C)[C@@](C)(CC)O1. The quantitative estimate of drug-likeness (QED) is 0.712. The van der Waals surface area contributed by atoms with Crippen molar-refractivity contribution in [3.05, 3.63) is 0 Å². The van der Waals surface area contributed by atoms with Gasteiger partial charge in [0.1, 0.15) is 15.7 Å². The molecule has 0 aromatic heterocycles. The van der Waals surface area contributed by atoms with Crippen molar-refractivity contribution in [1.29, 1.82) is 0 Å². The highest BCUT2D eigenvalue weighted by atomic mass is 16.5. The van der Waals surface area contributed by atoms with Gasteiger partial charge in [0, 0.05) is 12.0 Å². The summed E-state index contributed by atoms with van der Waals surface area (Å²) in [5, 5.41) is 0. The molecule has 0 spiro atoms. The Morgan fingerprint density at radius 1 is 1.11 bits per heavy atom. The van der Waals surface area contributed by atoms with Crippen molar-refractivity contribution in [2.24, 2.45) is 11.8 Å². The first-order chi connectivity index (χ1) is 8.82. The van der Waals surface area contributed by atoms with Crippen LogP contribution >= 0.6 is 0 Å². The highest BCUT2D eigenvalue weighted by Gasteiger charge is 2.38. The molecule has 4 radical (unpaired) electrons. The molecule has 2 fully saturated rings. The van der Waals surface area contributed by atoms with Crippen LogP contribution in [0.5, 0.6) is 0 Å². The van der Waals surface area contributed by atoms with Gasteiger partial charge in [0.25, 0.3) is 0 Å². The van der Waals surface area contributed by atoms with E-state index in [1.807, 2.05) is 0 Å². The summed E-state index contributed by atoms with van der Waals surface area (Å²) in [6.07, 6.45) is 4.60. The summed E-state index contributed by atoms with van der Waals surface area (Å²) in [7, 11) is 11.2. The van der Waals surface area contributed by atoms with Crippen LogP contribution in [0.2, 0.25) is 0 Å². The predicted molar refractivity (Wildman–Crippen MR) is 81.6 cm³/mol. The van der Waals surface area contributed by atoms with Crippen LogP contribution in [-0.4, -0.2) is 39.4 Å². The maximum absolute atomic E-state index is 5.65. The van der Waals surface area contributed by atoms with Crippen molar-refractivity contribution in [2.45, 2.75) is 84.0 Å². The van der Waals surface area contributed by atoms with E-state index in [1.54, 1.807) is 0 Å². The van der Waals surface area contributed by atoms with Gasteiger partial charge in [0.15, 0.2) is 0 Å². The summed E-state index contributed by atoms with van der Waals surface area (Å²) in [4.78, 5) is 0. The minimum absolute atomic E-state index is 0.00458. The van der Waals surface area contributed by atoms with E-state index in [2.05, 4.69) is 34.6 Å². The fourth-order valence-electron chi connectivity index (χ4n) is 2.97. The first-order valence-electron chi connectivity index (χ1n) is 7.66. The molecule has 0 saturated carbocycles. The number of hydrogen-bond acceptors (Lipinski definition) is 2. The van der Waals surface area contributed by atoms with Crippen LogP contribution in [0, 0.1) is 11.8 Å². The lowest BCUT2D eigenvalue weighted by atomic mass is 9.85. The second-order valence-electron chi connectivity index (χ2n) is 6.29. The molecule has 0 aromatic carbocycles. The Morgan fingerprint density at radius 3 is 1.95 bits per heavy atom. The third-order valence-electron chi connectivity index (χ3n) is 4.74. The summed E-state index contributed by atoms with van der Waals surface area (Å²) in [5.41, 5.74) is 0.0411. The molecule has 0 aliphatic carbocycles. The molecule has 4 heteroatoms. The van der Waals surface area contributed by atoms with E-state index in [9.17, 15) is 0 Å². The van der Waals surface area contributed by atoms with Crippen LogP contribution in [0.4, 0.5) is 0 Å². The molecule has 2 aliphatic rings. The Hall–Kier alpha value is 0.0499. The lowest BCUT2D eigenvalue weighted by Gasteiger charge is -2.26. The molecule has 2 nitrogen and oxygen atoms in total. The van der Waals surface area contributed by atoms with E-state index in [0.29, 0.717) is 17.9 Å². The summed E-state index contributed by atoms with van der Waals surface area (Å²) in [6.45, 7) is 10.8. The largest absolute Gasteiger partial charge is 0.384 e. The van der Waals surface area contributed by atoms with Crippen molar-refractivity contribution in [2.75, 3.05) is 0 Å². The van der Waals surface area contributed by atoms with Gasteiger partial charge in [-0.3, -0.25) is 0 Å². The molecule has 0 unspecified atom stereocenters. The first-order valence-corrected chi connectivity index (χ1v) is 7.66. The normalized spacial score (nSPS) is 45.8. The zero-order chi connectivity index (χ0) is 14.6. The number of ether oxygens (including phenoxy) is 2. The average molecular weight is 262 g/mol. The lowest BCUT2D eigenvalue weighted by Crippen LogP contribution is -2.29. The standard InChI is InChI=1S/C8H15BO.C7H13BO/c1-4-8(3)6(2)5-7(9)10-8;1-3-6-5(2)4-7(8)9-6/h6-7H,4-5H2,1-3H3;5-7H,3-4H2,1-2H3/t6-,7+,8+;5-,6-,7-/m01/s1. The molecule has 6 atom stereocenters. The van der Waals surface area contributed by atoms with Crippen molar-refractivity contribution < 1.29 is 9.47 Å². The molecule has 0 amide bonds. The second kappa shape index (κ2) is 7.17. The zero-order valence-corrected chi connectivity index (χ0v) is 13.2. The van der Waals surface area contributed by atoms with Crippen molar-refractivity contribution in [3.8, 4) is 0 Å². The molecule has 0 bridgehead atoms. The van der Waals surface area contributed by atoms with E-state index in [0.717, 1.165) is 25.7 Å². The zero-order valence-electron chi connectivity index (χ0n) is 13.2. The molecular weight excluding hydrogens is 234 g/mol. The molecule has 19 heavy (non-hydrogen) atoms. The fraction of sp³-hybridized carbons (Fsp3) is 1.00. The summed E-state index contributed by atoms with van der Waals surface area (Å²) >= 11 is 0. The highest BCUT2D eigenvalue weighted by molar-refractivity contribution is 6.11. The Kier molecular flexibility index (Phi) is 6.45. The average Bonchev–Trinajstić information content (AvgIpc) is 2.80. The predicted octanol–water partition coefficient (Wildman–Crippen LogP) is 3.02. The van der Waals surface area contributed by atoms with Crippen LogP contribution < -0.4 is 0 Å². The van der Waals surface area contributed by atoms with Crippen LogP contribution in [0.15, 0.2) is 0 Å². The summed E-state index contributed by atoms with van der Waals surface area (Å²) < 4.78 is 11.0. The second-order valence-corrected chi connectivity index (χ2v) is 6.29. The van der Waals surface area contributed by atoms with Gasteiger partial charge >= 0.3 is 0 Å². The molecule has 0 N–H and O–H groups in total. The third kappa shape index (κ3) is 4.53. The molecule has 2 aliphatic heterocycles. The van der Waals surface area contributed by atoms with Gasteiger partial charge < -0.3 is 9.47 Å². The van der Waals surface area contributed by atoms with Gasteiger partial charge in [-0.25, -0.2) is 0 Å². The van der Waals surface area contributed by atoms with E-state index in [4.69, 9.17) is 25.2 Å². The van der Waals surface area contributed by atoms with Gasteiger partial charge in [-0.05, 0) is 44.4 Å². The molecule has 0 aromatic rings. The van der Waals surface area contributed by atoms with E-state index in [-0.39, 0.29) is 17.6 Å². The Balaban J connectivity index is 0.000000191. The number of hydrogen-bond donors (Lipinski definition) is 0. The summed E-state index contributed by atoms with van der Waals surface area (Å²) in [6, 6.07) is -0.0232. The van der Waals surface area contributed by atoms with Gasteiger partial charge in [-0.1, -0.05) is 27.7 Å². The fourth-order valence-corrected chi connectivity index (χ4v) is 2.97. The van der Waals surface area contributed by atoms with Crippen molar-refractivity contribution in [1.82, 2.24) is 0 Å². The van der Waals surface area contributed by atoms with Gasteiger partial charge in [0.05, 0.1) is 11.7 Å². The minimum atomic E-state index is -0.0278. The van der Waals surface area contributed by atoms with E-state index < -0.39 is 0 Å². The summed E-state index contributed by atoms with van der Waals surface area (Å²) in [5.74, 6) is 1.26. The molecule has 2 rings (SSSR count). The minimum Gasteiger partial charge on any atom is -0.384 e. The maximum Gasteiger partial charge on any atom is 0.109 e. The van der Waals surface area contributed by atoms with Crippen molar-refractivity contribution >= 4 is 15.7 Å². The topological polar surface area (TPSA) is 18.5 Å². The van der Waals surface area contributed by atoms with Gasteiger partial charge in [-0.2, -0.15) is 0 Å². The van der Waals surface area contributed by atoms with Gasteiger partial charge in [-0.15, -0.1) is 0 Å².